The molecule has 3 rings (SSSR count). The van der Waals surface area contributed by atoms with Gasteiger partial charge in [-0.05, 0) is 49.5 Å². The summed E-state index contributed by atoms with van der Waals surface area (Å²) in [6.45, 7) is 2.08. The number of hydrogen-bond acceptors (Lipinski definition) is 3. The molecule has 2 fully saturated rings. The number of hydrogen-bond donors (Lipinski definition) is 1. The van der Waals surface area contributed by atoms with Gasteiger partial charge in [-0.1, -0.05) is 12.1 Å². The number of likely N-dealkylation sites (tertiary alicyclic amines) is 2. The Morgan fingerprint density at radius 2 is 1.65 bits per heavy atom. The highest BCUT2D eigenvalue weighted by Crippen LogP contribution is 2.31. The third-order valence-electron chi connectivity index (χ3n) is 4.85. The van der Waals surface area contributed by atoms with Crippen LogP contribution < -0.4 is 5.73 Å². The van der Waals surface area contributed by atoms with Gasteiger partial charge in [-0.15, -0.1) is 0 Å². The second-order valence-electron chi connectivity index (χ2n) is 6.34. The summed E-state index contributed by atoms with van der Waals surface area (Å²) < 4.78 is 37.0. The highest BCUT2D eigenvalue weighted by molar-refractivity contribution is 5.82. The third-order valence-corrected chi connectivity index (χ3v) is 4.85. The molecule has 2 N–H and O–H groups in total. The summed E-state index contributed by atoms with van der Waals surface area (Å²) in [5, 5.41) is 0. The first-order valence-corrected chi connectivity index (χ1v) is 7.80. The van der Waals surface area contributed by atoms with Gasteiger partial charge in [-0.3, -0.25) is 9.69 Å². The van der Waals surface area contributed by atoms with Crippen molar-refractivity contribution in [1.82, 2.24) is 9.80 Å². The van der Waals surface area contributed by atoms with E-state index in [-0.39, 0.29) is 19.1 Å². The molecule has 0 radical (unpaired) electrons. The molecule has 0 unspecified atom stereocenters. The molecule has 0 saturated carbocycles. The molecule has 126 valence electrons. The van der Waals surface area contributed by atoms with Crippen molar-refractivity contribution in [2.75, 3.05) is 31.9 Å². The lowest BCUT2D eigenvalue weighted by Crippen LogP contribution is -2.64. The van der Waals surface area contributed by atoms with Crippen LogP contribution in [0.3, 0.4) is 0 Å². The Kier molecular flexibility index (Phi) is 4.23. The fourth-order valence-electron chi connectivity index (χ4n) is 3.40. The fourth-order valence-corrected chi connectivity index (χ4v) is 3.40. The molecular formula is C16H20F3N3O. The number of halogens is 3. The quantitative estimate of drug-likeness (QED) is 0.848. The van der Waals surface area contributed by atoms with Gasteiger partial charge in [-0.25, -0.2) is 0 Å². The van der Waals surface area contributed by atoms with Crippen molar-refractivity contribution in [2.45, 2.75) is 31.0 Å². The van der Waals surface area contributed by atoms with Crippen LogP contribution >= 0.6 is 0 Å². The molecule has 0 aliphatic carbocycles. The van der Waals surface area contributed by atoms with E-state index < -0.39 is 12.1 Å². The topological polar surface area (TPSA) is 49.6 Å². The molecule has 1 aromatic rings. The first-order chi connectivity index (χ1) is 10.8. The number of benzene rings is 1. The van der Waals surface area contributed by atoms with Crippen molar-refractivity contribution >= 4 is 11.6 Å². The maximum Gasteiger partial charge on any atom is 0.471 e. The minimum atomic E-state index is -4.76. The van der Waals surface area contributed by atoms with Gasteiger partial charge in [0.1, 0.15) is 0 Å². The summed E-state index contributed by atoms with van der Waals surface area (Å²) in [6.07, 6.45) is -2.80. The molecule has 23 heavy (non-hydrogen) atoms. The lowest BCUT2D eigenvalue weighted by atomic mass is 9.88. The molecule has 1 amide bonds. The minimum Gasteiger partial charge on any atom is -0.399 e. The van der Waals surface area contributed by atoms with Crippen LogP contribution in [0.25, 0.3) is 0 Å². The predicted octanol–water partition coefficient (Wildman–Crippen LogP) is 2.22. The number of nitrogens with zero attached hydrogens (tertiary/aromatic N) is 2. The van der Waals surface area contributed by atoms with E-state index in [1.807, 2.05) is 24.3 Å². The van der Waals surface area contributed by atoms with Crippen molar-refractivity contribution in [2.24, 2.45) is 0 Å². The van der Waals surface area contributed by atoms with Crippen molar-refractivity contribution in [3.05, 3.63) is 29.8 Å². The number of carbonyl (C=O) groups is 1. The first kappa shape index (κ1) is 16.1. The number of alkyl halides is 3. The van der Waals surface area contributed by atoms with E-state index in [4.69, 9.17) is 5.73 Å². The van der Waals surface area contributed by atoms with Gasteiger partial charge in [0.05, 0.1) is 0 Å². The lowest BCUT2D eigenvalue weighted by molar-refractivity contribution is -0.192. The summed E-state index contributed by atoms with van der Waals surface area (Å²) in [6, 6.07) is 7.95. The minimum absolute atomic E-state index is 0.0636. The second kappa shape index (κ2) is 6.03. The molecule has 0 atom stereocenters. The van der Waals surface area contributed by atoms with Gasteiger partial charge >= 0.3 is 12.1 Å². The van der Waals surface area contributed by atoms with Crippen molar-refractivity contribution in [1.29, 1.82) is 0 Å². The number of amides is 1. The van der Waals surface area contributed by atoms with E-state index in [0.29, 0.717) is 5.92 Å². The number of anilines is 1. The maximum atomic E-state index is 12.3. The molecule has 2 aliphatic rings. The van der Waals surface area contributed by atoms with Crippen molar-refractivity contribution in [3.63, 3.8) is 0 Å². The second-order valence-corrected chi connectivity index (χ2v) is 6.34. The Labute approximate surface area is 133 Å². The number of nitrogen functional groups attached to an aromatic ring is 1. The zero-order valence-corrected chi connectivity index (χ0v) is 12.7. The Bertz CT molecular complexity index is 559. The van der Waals surface area contributed by atoms with Crippen LogP contribution in [-0.4, -0.2) is 54.1 Å². The Morgan fingerprint density at radius 1 is 1.09 bits per heavy atom. The molecule has 2 saturated heterocycles. The molecule has 7 heteroatoms. The summed E-state index contributed by atoms with van der Waals surface area (Å²) in [5.41, 5.74) is 7.70. The molecule has 0 aromatic heterocycles. The van der Waals surface area contributed by atoms with E-state index in [1.165, 1.54) is 5.56 Å². The number of rotatable bonds is 2. The molecule has 0 bridgehead atoms. The fraction of sp³-hybridized carbons (Fsp3) is 0.562. The maximum absolute atomic E-state index is 12.3. The van der Waals surface area contributed by atoms with E-state index in [2.05, 4.69) is 4.90 Å². The SMILES string of the molecule is Nc1ccc(C2CCN(C3CN(C(=O)C(F)(F)F)C3)CC2)cc1. The van der Waals surface area contributed by atoms with Crippen molar-refractivity contribution < 1.29 is 18.0 Å². The average Bonchev–Trinajstić information content (AvgIpc) is 2.46. The van der Waals surface area contributed by atoms with Gasteiger partial charge < -0.3 is 10.6 Å². The molecule has 0 spiro atoms. The standard InChI is InChI=1S/C16H20F3N3O/c17-16(18,19)15(23)22-9-14(10-22)21-7-5-12(6-8-21)11-1-3-13(20)4-2-11/h1-4,12,14H,5-10,20H2. The smallest absolute Gasteiger partial charge is 0.399 e. The van der Waals surface area contributed by atoms with E-state index in [1.54, 1.807) is 0 Å². The highest BCUT2D eigenvalue weighted by Gasteiger charge is 2.47. The molecular weight excluding hydrogens is 307 g/mol. The molecule has 2 heterocycles. The predicted molar refractivity (Wildman–Crippen MR) is 80.8 cm³/mol. The summed E-state index contributed by atoms with van der Waals surface area (Å²) in [5.74, 6) is -1.25. The van der Waals surface area contributed by atoms with Crippen LogP contribution in [0.15, 0.2) is 24.3 Å². The average molecular weight is 327 g/mol. The number of piperidine rings is 1. The van der Waals surface area contributed by atoms with E-state index in [0.717, 1.165) is 36.5 Å². The van der Waals surface area contributed by atoms with Crippen LogP contribution in [0.4, 0.5) is 18.9 Å². The van der Waals surface area contributed by atoms with Gasteiger partial charge in [-0.2, -0.15) is 13.2 Å². The molecule has 1 aromatic carbocycles. The van der Waals surface area contributed by atoms with Crippen molar-refractivity contribution in [3.8, 4) is 0 Å². The molecule has 4 nitrogen and oxygen atoms in total. The monoisotopic (exact) mass is 327 g/mol. The summed E-state index contributed by atoms with van der Waals surface area (Å²) in [7, 11) is 0. The van der Waals surface area contributed by atoms with E-state index >= 15 is 0 Å². The lowest BCUT2D eigenvalue weighted by Gasteiger charge is -2.47. The normalized spacial score (nSPS) is 21.3. The largest absolute Gasteiger partial charge is 0.471 e. The zero-order valence-electron chi connectivity index (χ0n) is 12.7. The van der Waals surface area contributed by atoms with Crippen LogP contribution in [0, 0.1) is 0 Å². The van der Waals surface area contributed by atoms with Gasteiger partial charge in [0, 0.05) is 24.8 Å². The number of nitrogens with two attached hydrogens (primary N) is 1. The molecule has 2 aliphatic heterocycles. The zero-order chi connectivity index (χ0) is 16.6. The summed E-state index contributed by atoms with van der Waals surface area (Å²) >= 11 is 0. The van der Waals surface area contributed by atoms with Gasteiger partial charge in [0.25, 0.3) is 0 Å². The van der Waals surface area contributed by atoms with Gasteiger partial charge in [0.2, 0.25) is 0 Å². The third kappa shape index (κ3) is 3.44. The number of carbonyl (C=O) groups excluding carboxylic acids is 1. The van der Waals surface area contributed by atoms with Crippen LogP contribution in [-0.2, 0) is 4.79 Å². The van der Waals surface area contributed by atoms with Crippen LogP contribution in [0.2, 0.25) is 0 Å². The van der Waals surface area contributed by atoms with Crippen LogP contribution in [0.1, 0.15) is 24.3 Å². The van der Waals surface area contributed by atoms with Gasteiger partial charge in [0.15, 0.2) is 0 Å². The Hall–Kier alpha value is -1.76. The van der Waals surface area contributed by atoms with Crippen LogP contribution in [0.5, 0.6) is 0 Å². The first-order valence-electron chi connectivity index (χ1n) is 7.80. The summed E-state index contributed by atoms with van der Waals surface area (Å²) in [4.78, 5) is 14.2. The highest BCUT2D eigenvalue weighted by atomic mass is 19.4. The Balaban J connectivity index is 1.47. The Morgan fingerprint density at radius 3 is 2.17 bits per heavy atom. The van der Waals surface area contributed by atoms with E-state index in [9.17, 15) is 18.0 Å².